The zero-order valence-electron chi connectivity index (χ0n) is 24.7. The first-order valence-corrected chi connectivity index (χ1v) is 15.2. The Kier molecular flexibility index (Phi) is 8.79. The Morgan fingerprint density at radius 1 is 1.02 bits per heavy atom. The number of ketones is 1. The van der Waals surface area contributed by atoms with Crippen molar-refractivity contribution in [2.24, 2.45) is 0 Å². The molecule has 2 fully saturated rings. The average Bonchev–Trinajstić information content (AvgIpc) is 3.62. The van der Waals surface area contributed by atoms with E-state index in [9.17, 15) is 18.8 Å². The summed E-state index contributed by atoms with van der Waals surface area (Å²) in [7, 11) is 0. The molecule has 44 heavy (non-hydrogen) atoms. The molecule has 2 aromatic carbocycles. The number of aromatic nitrogens is 3. The van der Waals surface area contributed by atoms with E-state index in [-0.39, 0.29) is 49.3 Å². The Labute approximate surface area is 255 Å². The van der Waals surface area contributed by atoms with Crippen LogP contribution in [-0.2, 0) is 27.5 Å². The second-order valence-corrected chi connectivity index (χ2v) is 11.7. The minimum atomic E-state index is -1.29. The maximum absolute atomic E-state index is 14.8. The summed E-state index contributed by atoms with van der Waals surface area (Å²) in [6, 6.07) is 16.3. The highest BCUT2D eigenvalue weighted by molar-refractivity contribution is 6.08. The van der Waals surface area contributed by atoms with E-state index in [1.807, 2.05) is 54.6 Å². The number of benzene rings is 2. The molecule has 4 aromatic rings. The molecule has 9 nitrogen and oxygen atoms in total. The quantitative estimate of drug-likeness (QED) is 0.276. The second-order valence-electron chi connectivity index (χ2n) is 11.7. The largest absolute Gasteiger partial charge is 0.371 e. The lowest BCUT2D eigenvalue weighted by molar-refractivity contribution is -0.139. The predicted octanol–water partition coefficient (Wildman–Crippen LogP) is 4.88. The zero-order valence-corrected chi connectivity index (χ0v) is 24.7. The van der Waals surface area contributed by atoms with Crippen LogP contribution in [0.15, 0.2) is 73.2 Å². The van der Waals surface area contributed by atoms with Crippen LogP contribution in [0.25, 0.3) is 22.0 Å². The number of hydrogen-bond acceptors (Lipinski definition) is 6. The molecule has 1 saturated heterocycles. The van der Waals surface area contributed by atoms with E-state index < -0.39 is 12.2 Å². The van der Waals surface area contributed by atoms with Gasteiger partial charge in [0.05, 0.1) is 37.7 Å². The van der Waals surface area contributed by atoms with Gasteiger partial charge in [-0.3, -0.25) is 14.4 Å². The van der Waals surface area contributed by atoms with E-state index in [0.29, 0.717) is 23.1 Å². The molecule has 10 heteroatoms. The summed E-state index contributed by atoms with van der Waals surface area (Å²) in [5.74, 6) is -0.860. The minimum absolute atomic E-state index is 0.0473. The van der Waals surface area contributed by atoms with E-state index in [1.165, 1.54) is 11.8 Å². The highest BCUT2D eigenvalue weighted by Crippen LogP contribution is 2.30. The number of likely N-dealkylation sites (tertiary alicyclic amines) is 1. The van der Waals surface area contributed by atoms with Crippen molar-refractivity contribution in [2.45, 2.75) is 76.5 Å². The minimum Gasteiger partial charge on any atom is -0.371 e. The van der Waals surface area contributed by atoms with Crippen LogP contribution in [0.5, 0.6) is 0 Å². The number of alkyl halides is 1. The smallest absolute Gasteiger partial charge is 0.243 e. The highest BCUT2D eigenvalue weighted by atomic mass is 19.1. The van der Waals surface area contributed by atoms with E-state index in [1.54, 1.807) is 23.2 Å². The SMILES string of the molecule is CC(=O)c1cn(CC(=O)N2C[C@H](F)CC2C(=O)N[C@H]2CCCC[C@@H]2OCc2ccccc2)c2ccc(-c3ccnnc3)cc12. The van der Waals surface area contributed by atoms with Crippen molar-refractivity contribution >= 4 is 28.5 Å². The fourth-order valence-corrected chi connectivity index (χ4v) is 6.41. The molecule has 1 unspecified atom stereocenters. The van der Waals surface area contributed by atoms with Crippen LogP contribution in [0.3, 0.4) is 0 Å². The lowest BCUT2D eigenvalue weighted by Gasteiger charge is -2.34. The lowest BCUT2D eigenvalue weighted by atomic mass is 9.92. The number of ether oxygens (including phenoxy) is 1. The number of carbonyl (C=O) groups is 3. The molecule has 2 amide bonds. The van der Waals surface area contributed by atoms with Crippen molar-refractivity contribution in [3.63, 3.8) is 0 Å². The standard InChI is InChI=1S/C34H36FN5O4/c1-22(41)28-19-39(30-12-11-24(15-27(28)30)25-13-14-36-37-17-25)20-33(42)40-18-26(35)16-31(40)34(43)38-29-9-5-6-10-32(29)44-21-23-7-3-2-4-8-23/h2-4,7-8,11-15,17,19,26,29,31-32H,5-6,9-10,16,18,20-21H2,1H3,(H,38,43)/t26-,29+,31?,32+/m1/s1. The number of fused-ring (bicyclic) bond motifs is 1. The molecule has 3 heterocycles. The number of hydrogen-bond donors (Lipinski definition) is 1. The fraction of sp³-hybridized carbons (Fsp3) is 0.382. The number of nitrogens with one attached hydrogen (secondary N) is 1. The van der Waals surface area contributed by atoms with E-state index in [4.69, 9.17) is 4.74 Å². The Morgan fingerprint density at radius 2 is 1.84 bits per heavy atom. The van der Waals surface area contributed by atoms with Crippen molar-refractivity contribution in [2.75, 3.05) is 6.54 Å². The lowest BCUT2D eigenvalue weighted by Crippen LogP contribution is -2.53. The van der Waals surface area contributed by atoms with Crippen molar-refractivity contribution in [1.29, 1.82) is 0 Å². The number of nitrogens with zero attached hydrogens (tertiary/aromatic N) is 4. The van der Waals surface area contributed by atoms with Crippen molar-refractivity contribution in [3.05, 3.63) is 84.3 Å². The third-order valence-corrected chi connectivity index (χ3v) is 8.69. The molecule has 0 spiro atoms. The highest BCUT2D eigenvalue weighted by Gasteiger charge is 2.41. The molecular weight excluding hydrogens is 561 g/mol. The van der Waals surface area contributed by atoms with Crippen LogP contribution in [0.1, 0.15) is 54.9 Å². The molecule has 6 rings (SSSR count). The summed E-state index contributed by atoms with van der Waals surface area (Å²) in [4.78, 5) is 41.1. The van der Waals surface area contributed by atoms with Crippen LogP contribution in [0, 0.1) is 0 Å². The summed E-state index contributed by atoms with van der Waals surface area (Å²) >= 11 is 0. The monoisotopic (exact) mass is 597 g/mol. The van der Waals surface area contributed by atoms with Crippen LogP contribution >= 0.6 is 0 Å². The molecule has 0 radical (unpaired) electrons. The van der Waals surface area contributed by atoms with Crippen molar-refractivity contribution in [1.82, 2.24) is 25.0 Å². The van der Waals surface area contributed by atoms with Gasteiger partial charge in [-0.05, 0) is 49.1 Å². The fourth-order valence-electron chi connectivity index (χ4n) is 6.41. The van der Waals surface area contributed by atoms with Gasteiger partial charge in [0.2, 0.25) is 11.8 Å². The Balaban J connectivity index is 1.17. The molecule has 0 bridgehead atoms. The van der Waals surface area contributed by atoms with E-state index >= 15 is 0 Å². The van der Waals surface area contributed by atoms with Gasteiger partial charge in [-0.2, -0.15) is 10.2 Å². The summed E-state index contributed by atoms with van der Waals surface area (Å²) in [6.45, 7) is 1.67. The van der Waals surface area contributed by atoms with Gasteiger partial charge >= 0.3 is 0 Å². The topological polar surface area (TPSA) is 106 Å². The van der Waals surface area contributed by atoms with Crippen molar-refractivity contribution < 1.29 is 23.5 Å². The Bertz CT molecular complexity index is 1640. The van der Waals surface area contributed by atoms with Crippen LogP contribution in [0.4, 0.5) is 4.39 Å². The molecule has 1 aliphatic carbocycles. The summed E-state index contributed by atoms with van der Waals surface area (Å²) in [5.41, 5.74) is 3.96. The van der Waals surface area contributed by atoms with E-state index in [0.717, 1.165) is 42.4 Å². The first-order chi connectivity index (χ1) is 21.4. The van der Waals surface area contributed by atoms with Gasteiger partial charge in [-0.25, -0.2) is 4.39 Å². The van der Waals surface area contributed by atoms with Crippen LogP contribution in [0.2, 0.25) is 0 Å². The molecule has 1 aliphatic heterocycles. The predicted molar refractivity (Wildman–Crippen MR) is 163 cm³/mol. The molecule has 4 atom stereocenters. The Morgan fingerprint density at radius 3 is 2.61 bits per heavy atom. The van der Waals surface area contributed by atoms with Gasteiger partial charge in [0, 0.05) is 34.6 Å². The number of carbonyl (C=O) groups excluding carboxylic acids is 3. The molecule has 1 N–H and O–H groups in total. The molecular formula is C34H36FN5O4. The normalized spacial score (nSPS) is 21.8. The number of rotatable bonds is 9. The first-order valence-electron chi connectivity index (χ1n) is 15.2. The average molecular weight is 598 g/mol. The second kappa shape index (κ2) is 13.1. The van der Waals surface area contributed by atoms with Gasteiger partial charge in [0.25, 0.3) is 0 Å². The third kappa shape index (κ3) is 6.40. The van der Waals surface area contributed by atoms with Crippen LogP contribution < -0.4 is 5.32 Å². The number of amides is 2. The number of halogens is 1. The van der Waals surface area contributed by atoms with Crippen LogP contribution in [-0.4, -0.2) is 68.2 Å². The summed E-state index contributed by atoms with van der Waals surface area (Å²) in [5, 5.41) is 11.6. The summed E-state index contributed by atoms with van der Waals surface area (Å²) in [6.07, 6.45) is 6.99. The molecule has 228 valence electrons. The summed E-state index contributed by atoms with van der Waals surface area (Å²) < 4.78 is 22.7. The van der Waals surface area contributed by atoms with Gasteiger partial charge in [-0.1, -0.05) is 49.2 Å². The van der Waals surface area contributed by atoms with E-state index in [2.05, 4.69) is 15.5 Å². The number of Topliss-reactive ketones (excluding diaryl/α,β-unsaturated/α-hetero) is 1. The molecule has 1 saturated carbocycles. The molecule has 2 aliphatic rings. The maximum Gasteiger partial charge on any atom is 0.243 e. The van der Waals surface area contributed by atoms with Gasteiger partial charge in [0.1, 0.15) is 18.8 Å². The maximum atomic E-state index is 14.8. The van der Waals surface area contributed by atoms with Gasteiger partial charge in [0.15, 0.2) is 5.78 Å². The molecule has 2 aromatic heterocycles. The van der Waals surface area contributed by atoms with Crippen molar-refractivity contribution in [3.8, 4) is 11.1 Å². The first kappa shape index (κ1) is 29.6. The Hall–Kier alpha value is -4.44. The van der Waals surface area contributed by atoms with Gasteiger partial charge < -0.3 is 19.5 Å². The van der Waals surface area contributed by atoms with Gasteiger partial charge in [-0.15, -0.1) is 0 Å². The third-order valence-electron chi connectivity index (χ3n) is 8.69. The zero-order chi connectivity index (χ0) is 30.6.